The second kappa shape index (κ2) is 3.00. The number of rotatable bonds is 1. The fourth-order valence-electron chi connectivity index (χ4n) is 0. The molecule has 0 aromatic carbocycles. The van der Waals surface area contributed by atoms with Crippen LogP contribution in [0.1, 0.15) is 0 Å². The van der Waals surface area contributed by atoms with Gasteiger partial charge in [-0.3, -0.25) is 0 Å². The van der Waals surface area contributed by atoms with Crippen LogP contribution in [-0.2, 0) is 4.79 Å². The molecule has 0 saturated heterocycles. The zero-order valence-corrected chi connectivity index (χ0v) is 6.96. The molecule has 2 nitrogen and oxygen atoms in total. The molecule has 0 aliphatic rings. The van der Waals surface area contributed by atoms with E-state index in [9.17, 15) is 9.90 Å². The van der Waals surface area contributed by atoms with Gasteiger partial charge in [0.2, 0.25) is 0 Å². The highest BCUT2D eigenvalue weighted by molar-refractivity contribution is 14.2. The van der Waals surface area contributed by atoms with Crippen molar-refractivity contribution in [3.05, 3.63) is 0 Å². The zero-order valence-electron chi connectivity index (χ0n) is 2.65. The largest absolute Gasteiger partial charge is 0.548 e. The van der Waals surface area contributed by atoms with Crippen LogP contribution in [-0.4, -0.2) is 7.90 Å². The summed E-state index contributed by atoms with van der Waals surface area (Å²) in [5.74, 6) is -1.02. The van der Waals surface area contributed by atoms with Gasteiger partial charge in [0.15, 0.2) is 0 Å². The number of carbonyl (C=O) groups excluding carboxylic acids is 1. The maximum atomic E-state index is 9.57. The van der Waals surface area contributed by atoms with E-state index in [4.69, 9.17) is 0 Å². The molecule has 0 unspecified atom stereocenters. The number of halogens is 2. The Bertz CT molecular complexity index is 60.6. The maximum absolute atomic E-state index is 9.57. The summed E-state index contributed by atoms with van der Waals surface area (Å²) in [5, 5.41) is 9.57. The topological polar surface area (TPSA) is 40.1 Å². The van der Waals surface area contributed by atoms with E-state index in [1.54, 1.807) is 45.2 Å². The minimum atomic E-state index is -1.02. The van der Waals surface area contributed by atoms with Crippen molar-refractivity contribution in [2.24, 2.45) is 0 Å². The normalized spacial score (nSPS) is 9.17. The molecule has 0 amide bonds. The van der Waals surface area contributed by atoms with Gasteiger partial charge in [0, 0.05) is 0 Å². The van der Waals surface area contributed by atoms with Gasteiger partial charge in [-0.2, -0.15) is 0 Å². The third-order valence-electron chi connectivity index (χ3n) is 0.178. The van der Waals surface area contributed by atoms with Crippen LogP contribution in [0.3, 0.4) is 0 Å². The number of carboxylic acid groups (broad SMARTS) is 1. The zero-order chi connectivity index (χ0) is 5.15. The molecule has 0 aromatic heterocycles. The molecule has 0 radical (unpaired) electrons. The van der Waals surface area contributed by atoms with E-state index >= 15 is 0 Å². The van der Waals surface area contributed by atoms with Crippen molar-refractivity contribution < 1.29 is 9.90 Å². The highest BCUT2D eigenvalue weighted by atomic mass is 127. The molecule has 0 fully saturated rings. The second-order valence-electron chi connectivity index (χ2n) is 0.620. The van der Waals surface area contributed by atoms with E-state index in [0.29, 0.717) is 0 Å². The molecule has 0 aliphatic carbocycles. The number of carbonyl (C=O) groups is 1. The highest BCUT2D eigenvalue weighted by Gasteiger charge is 1.92. The monoisotopic (exact) mass is 311 g/mol. The predicted molar refractivity (Wildman–Crippen MR) is 36.8 cm³/mol. The number of hydrogen-bond acceptors (Lipinski definition) is 2. The molecule has 0 rings (SSSR count). The van der Waals surface area contributed by atoms with Gasteiger partial charge in [0.1, 0.15) is 1.93 Å². The second-order valence-corrected chi connectivity index (χ2v) is 5.49. The van der Waals surface area contributed by atoms with Gasteiger partial charge >= 0.3 is 0 Å². The average molecular weight is 311 g/mol. The Balaban J connectivity index is 3.26. The van der Waals surface area contributed by atoms with Crippen molar-refractivity contribution >= 4 is 51.2 Å². The Morgan fingerprint density at radius 1 is 1.67 bits per heavy atom. The molecule has 0 N–H and O–H groups in total. The first-order valence-corrected chi connectivity index (χ1v) is 3.62. The van der Waals surface area contributed by atoms with Gasteiger partial charge in [-0.05, 0) is 0 Å². The first-order chi connectivity index (χ1) is 2.64. The molecular weight excluding hydrogens is 310 g/mol. The summed E-state index contributed by atoms with van der Waals surface area (Å²) in [7, 11) is 0. The van der Waals surface area contributed by atoms with Crippen LogP contribution >= 0.6 is 45.2 Å². The first-order valence-electron chi connectivity index (χ1n) is 1.13. The van der Waals surface area contributed by atoms with E-state index in [1.807, 2.05) is 0 Å². The summed E-state index contributed by atoms with van der Waals surface area (Å²) >= 11 is 3.51. The molecule has 0 spiro atoms. The number of aliphatic carboxylic acids is 1. The Labute approximate surface area is 62.6 Å². The molecule has 0 aromatic rings. The molecule has 6 heavy (non-hydrogen) atoms. The molecule has 36 valence electrons. The minimum absolute atomic E-state index is 0.403. The maximum Gasteiger partial charge on any atom is 0.102 e. The van der Waals surface area contributed by atoms with Crippen LogP contribution < -0.4 is 5.11 Å². The molecule has 4 heteroatoms. The lowest BCUT2D eigenvalue weighted by Crippen LogP contribution is -2.27. The molecule has 0 aliphatic heterocycles. The summed E-state index contributed by atoms with van der Waals surface area (Å²) < 4.78 is -0.403. The van der Waals surface area contributed by atoms with Gasteiger partial charge < -0.3 is 9.90 Å². The summed E-state index contributed by atoms with van der Waals surface area (Å²) in [5.41, 5.74) is 0. The van der Waals surface area contributed by atoms with Crippen LogP contribution in [0.4, 0.5) is 0 Å². The van der Waals surface area contributed by atoms with E-state index in [2.05, 4.69) is 0 Å². The Morgan fingerprint density at radius 2 is 1.83 bits per heavy atom. The standard InChI is InChI=1S/C2H2I2O2/c3-1(4)2(5)6/h1H,(H,5,6)/p-1. The van der Waals surface area contributed by atoms with Crippen LogP contribution in [0.25, 0.3) is 0 Å². The van der Waals surface area contributed by atoms with E-state index in [1.165, 1.54) is 0 Å². The average Bonchev–Trinajstić information content (AvgIpc) is 1.36. The van der Waals surface area contributed by atoms with Crippen molar-refractivity contribution in [2.45, 2.75) is 1.93 Å². The molecule has 0 bridgehead atoms. The molecule has 0 heterocycles. The van der Waals surface area contributed by atoms with Crippen LogP contribution in [0.5, 0.6) is 0 Å². The first kappa shape index (κ1) is 6.93. The molecule has 0 atom stereocenters. The highest BCUT2D eigenvalue weighted by Crippen LogP contribution is 2.06. The van der Waals surface area contributed by atoms with Crippen molar-refractivity contribution in [2.75, 3.05) is 0 Å². The SMILES string of the molecule is O=C([O-])C(I)I. The third kappa shape index (κ3) is 3.13. The molecular formula is C2HI2O2-. The van der Waals surface area contributed by atoms with Gasteiger partial charge in [-0.1, -0.05) is 45.2 Å². The lowest BCUT2D eigenvalue weighted by molar-refractivity contribution is -0.301. The Morgan fingerprint density at radius 3 is 1.83 bits per heavy atom. The molecule has 0 saturated carbocycles. The summed E-state index contributed by atoms with van der Waals surface area (Å²) in [6.07, 6.45) is 0. The smallest absolute Gasteiger partial charge is 0.102 e. The van der Waals surface area contributed by atoms with Gasteiger partial charge in [-0.15, -0.1) is 0 Å². The summed E-state index contributed by atoms with van der Waals surface area (Å²) in [6, 6.07) is 0. The third-order valence-corrected chi connectivity index (χ3v) is 1.20. The summed E-state index contributed by atoms with van der Waals surface area (Å²) in [6.45, 7) is 0. The lowest BCUT2D eigenvalue weighted by Gasteiger charge is -1.97. The Kier molecular flexibility index (Phi) is 3.47. The van der Waals surface area contributed by atoms with E-state index in [0.717, 1.165) is 0 Å². The lowest BCUT2D eigenvalue weighted by atomic mass is 10.8. The quantitative estimate of drug-likeness (QED) is 0.502. The van der Waals surface area contributed by atoms with Crippen LogP contribution in [0, 0.1) is 0 Å². The van der Waals surface area contributed by atoms with Crippen LogP contribution in [0.15, 0.2) is 0 Å². The van der Waals surface area contributed by atoms with E-state index < -0.39 is 7.90 Å². The Hall–Kier alpha value is 0.930. The number of carboxylic acids is 1. The fraction of sp³-hybridized carbons (Fsp3) is 0.500. The summed E-state index contributed by atoms with van der Waals surface area (Å²) in [4.78, 5) is 9.57. The predicted octanol–water partition coefficient (Wildman–Crippen LogP) is -0.0676. The van der Waals surface area contributed by atoms with Crippen molar-refractivity contribution in [1.82, 2.24) is 0 Å². The van der Waals surface area contributed by atoms with Crippen LogP contribution in [0.2, 0.25) is 0 Å². The van der Waals surface area contributed by atoms with E-state index in [-0.39, 0.29) is 0 Å². The van der Waals surface area contributed by atoms with Gasteiger partial charge in [-0.25, -0.2) is 0 Å². The van der Waals surface area contributed by atoms with Gasteiger partial charge in [0.05, 0.1) is 5.97 Å². The minimum Gasteiger partial charge on any atom is -0.548 e. The fourth-order valence-corrected chi connectivity index (χ4v) is 0. The van der Waals surface area contributed by atoms with Crippen molar-refractivity contribution in [3.8, 4) is 0 Å². The van der Waals surface area contributed by atoms with Crippen molar-refractivity contribution in [3.63, 3.8) is 0 Å². The number of hydrogen-bond donors (Lipinski definition) is 0. The number of alkyl halides is 2. The van der Waals surface area contributed by atoms with Gasteiger partial charge in [0.25, 0.3) is 0 Å². The van der Waals surface area contributed by atoms with Crippen molar-refractivity contribution in [1.29, 1.82) is 0 Å².